The number of hydrogen-bond acceptors (Lipinski definition) is 2. The molecule has 4 nitrogen and oxygen atoms in total. The molecular weight excluding hydrogens is 224 g/mol. The highest BCUT2D eigenvalue weighted by Crippen LogP contribution is 2.14. The molecule has 0 N–H and O–H groups in total. The van der Waals surface area contributed by atoms with Crippen LogP contribution in [0.2, 0.25) is 0 Å². The summed E-state index contributed by atoms with van der Waals surface area (Å²) in [4.78, 5) is 2.26. The summed E-state index contributed by atoms with van der Waals surface area (Å²) in [6.45, 7) is -0.0148. The molecule has 0 heterocycles. The van der Waals surface area contributed by atoms with Gasteiger partial charge in [0.15, 0.2) is 0 Å². The van der Waals surface area contributed by atoms with Gasteiger partial charge < -0.3 is 0 Å². The molecule has 15 heavy (non-hydrogen) atoms. The van der Waals surface area contributed by atoms with Gasteiger partial charge >= 0.3 is 0 Å². The molecule has 0 aliphatic heterocycles. The number of rotatable bonds is 4. The molecular formula is C8H7F2N3OS. The summed E-state index contributed by atoms with van der Waals surface area (Å²) in [5.41, 5.74) is 7.97. The molecule has 0 radical (unpaired) electrons. The van der Waals surface area contributed by atoms with Crippen molar-refractivity contribution in [1.82, 2.24) is 0 Å². The molecule has 80 valence electrons. The van der Waals surface area contributed by atoms with Gasteiger partial charge in [0.2, 0.25) is 0 Å². The van der Waals surface area contributed by atoms with Gasteiger partial charge in [0, 0.05) is 17.2 Å². The van der Waals surface area contributed by atoms with Crippen LogP contribution in [0.25, 0.3) is 10.4 Å². The number of nitrogens with zero attached hydrogens (tertiary/aromatic N) is 3. The van der Waals surface area contributed by atoms with Crippen LogP contribution in [0.5, 0.6) is 0 Å². The van der Waals surface area contributed by atoms with E-state index in [0.29, 0.717) is 0 Å². The molecule has 0 saturated heterocycles. The minimum Gasteiger partial charge on any atom is -0.254 e. The summed E-state index contributed by atoms with van der Waals surface area (Å²) in [7, 11) is -1.69. The first-order valence-corrected chi connectivity index (χ1v) is 5.31. The smallest absolute Gasteiger partial charge is 0.139 e. The zero-order valence-electron chi connectivity index (χ0n) is 7.56. The van der Waals surface area contributed by atoms with Crippen molar-refractivity contribution in [2.75, 3.05) is 12.3 Å². The van der Waals surface area contributed by atoms with Crippen molar-refractivity contribution < 1.29 is 13.0 Å². The molecule has 0 bridgehead atoms. The van der Waals surface area contributed by atoms with Crippen LogP contribution in [0, 0.1) is 11.6 Å². The second-order valence-electron chi connectivity index (χ2n) is 2.58. The first-order chi connectivity index (χ1) is 7.15. The summed E-state index contributed by atoms with van der Waals surface area (Å²) >= 11 is 0. The van der Waals surface area contributed by atoms with Gasteiger partial charge in [0.1, 0.15) is 11.6 Å². The van der Waals surface area contributed by atoms with Crippen LogP contribution in [0.3, 0.4) is 0 Å². The Labute approximate surface area is 87.0 Å². The highest BCUT2D eigenvalue weighted by Gasteiger charge is 2.10. The first-order valence-electron chi connectivity index (χ1n) is 3.99. The maximum Gasteiger partial charge on any atom is 0.139 e. The largest absolute Gasteiger partial charge is 0.254 e. The second kappa shape index (κ2) is 5.43. The number of benzene rings is 1. The van der Waals surface area contributed by atoms with Crippen molar-refractivity contribution in [3.8, 4) is 0 Å². The van der Waals surface area contributed by atoms with Gasteiger partial charge in [-0.2, -0.15) is 0 Å². The lowest BCUT2D eigenvalue weighted by molar-refractivity contribution is 0.572. The van der Waals surface area contributed by atoms with Gasteiger partial charge in [-0.15, -0.1) is 0 Å². The molecule has 1 aromatic rings. The summed E-state index contributed by atoms with van der Waals surface area (Å²) in [5, 5.41) is 3.16. The van der Waals surface area contributed by atoms with Crippen molar-refractivity contribution >= 4 is 10.8 Å². The van der Waals surface area contributed by atoms with Crippen LogP contribution in [0.4, 0.5) is 8.78 Å². The molecule has 1 unspecified atom stereocenters. The van der Waals surface area contributed by atoms with Crippen molar-refractivity contribution in [3.63, 3.8) is 0 Å². The maximum atomic E-state index is 13.1. The molecule has 0 aromatic heterocycles. The highest BCUT2D eigenvalue weighted by molar-refractivity contribution is 7.85. The van der Waals surface area contributed by atoms with E-state index in [1.54, 1.807) is 0 Å². The SMILES string of the molecule is [N-]=[N+]=NCCS(=O)c1cc(F)ccc1F. The second-order valence-corrected chi connectivity index (χ2v) is 4.12. The average molecular weight is 231 g/mol. The normalized spacial score (nSPS) is 11.9. The van der Waals surface area contributed by atoms with Crippen LogP contribution < -0.4 is 0 Å². The summed E-state index contributed by atoms with van der Waals surface area (Å²) < 4.78 is 37.2. The lowest BCUT2D eigenvalue weighted by Crippen LogP contribution is -2.03. The lowest BCUT2D eigenvalue weighted by Gasteiger charge is -2.01. The van der Waals surface area contributed by atoms with E-state index in [1.807, 2.05) is 0 Å². The Hall–Kier alpha value is -1.46. The van der Waals surface area contributed by atoms with Crippen molar-refractivity contribution in [2.45, 2.75) is 4.90 Å². The summed E-state index contributed by atoms with van der Waals surface area (Å²) in [5.74, 6) is -1.40. The molecule has 0 spiro atoms. The minimum absolute atomic E-state index is 0.0148. The van der Waals surface area contributed by atoms with E-state index >= 15 is 0 Å². The quantitative estimate of drug-likeness (QED) is 0.445. The molecule has 0 aliphatic carbocycles. The predicted molar refractivity (Wildman–Crippen MR) is 51.6 cm³/mol. The fourth-order valence-electron chi connectivity index (χ4n) is 0.930. The molecule has 0 aliphatic rings. The van der Waals surface area contributed by atoms with E-state index in [1.165, 1.54) is 0 Å². The Bertz CT molecular complexity index is 432. The number of azide groups is 1. The average Bonchev–Trinajstić information content (AvgIpc) is 2.22. The Balaban J connectivity index is 2.81. The predicted octanol–water partition coefficient (Wildman–Crippen LogP) is 2.38. The molecule has 1 atom stereocenters. The van der Waals surface area contributed by atoms with Crippen LogP contribution >= 0.6 is 0 Å². The van der Waals surface area contributed by atoms with E-state index in [9.17, 15) is 13.0 Å². The lowest BCUT2D eigenvalue weighted by atomic mass is 10.3. The summed E-state index contributed by atoms with van der Waals surface area (Å²) in [6, 6.07) is 2.74. The van der Waals surface area contributed by atoms with E-state index in [-0.39, 0.29) is 17.2 Å². The standard InChI is InChI=1S/C8H7F2N3OS/c9-6-1-2-7(10)8(5-6)15(14)4-3-12-13-11/h1-2,5H,3-4H2. The van der Waals surface area contributed by atoms with Gasteiger partial charge in [0.05, 0.1) is 15.7 Å². The first kappa shape index (κ1) is 11.6. The van der Waals surface area contributed by atoms with Gasteiger partial charge in [-0.3, -0.25) is 4.21 Å². The monoisotopic (exact) mass is 231 g/mol. The van der Waals surface area contributed by atoms with Gasteiger partial charge in [-0.05, 0) is 23.7 Å². The fraction of sp³-hybridized carbons (Fsp3) is 0.250. The summed E-state index contributed by atoms with van der Waals surface area (Å²) in [6.07, 6.45) is 0. The van der Waals surface area contributed by atoms with E-state index in [2.05, 4.69) is 10.0 Å². The third-order valence-electron chi connectivity index (χ3n) is 1.58. The van der Waals surface area contributed by atoms with E-state index < -0.39 is 22.4 Å². The van der Waals surface area contributed by atoms with E-state index in [0.717, 1.165) is 18.2 Å². The molecule has 1 rings (SSSR count). The third-order valence-corrected chi connectivity index (χ3v) is 2.94. The third kappa shape index (κ3) is 3.30. The Morgan fingerprint density at radius 1 is 1.47 bits per heavy atom. The zero-order chi connectivity index (χ0) is 11.3. The van der Waals surface area contributed by atoms with Crippen LogP contribution in [0.15, 0.2) is 28.2 Å². The number of halogens is 2. The van der Waals surface area contributed by atoms with Gasteiger partial charge in [0.25, 0.3) is 0 Å². The zero-order valence-corrected chi connectivity index (χ0v) is 8.38. The van der Waals surface area contributed by atoms with Crippen LogP contribution in [-0.4, -0.2) is 16.5 Å². The molecule has 0 fully saturated rings. The molecule has 0 amide bonds. The fourth-order valence-corrected chi connectivity index (χ4v) is 1.93. The van der Waals surface area contributed by atoms with Crippen molar-refractivity contribution in [2.24, 2.45) is 5.11 Å². The van der Waals surface area contributed by atoms with E-state index in [4.69, 9.17) is 5.53 Å². The van der Waals surface area contributed by atoms with Gasteiger partial charge in [-0.1, -0.05) is 5.11 Å². The molecule has 7 heteroatoms. The Kier molecular flexibility index (Phi) is 4.20. The Morgan fingerprint density at radius 2 is 2.20 bits per heavy atom. The van der Waals surface area contributed by atoms with Gasteiger partial charge in [-0.25, -0.2) is 8.78 Å². The highest BCUT2D eigenvalue weighted by atomic mass is 32.2. The van der Waals surface area contributed by atoms with Crippen LogP contribution in [0.1, 0.15) is 0 Å². The van der Waals surface area contributed by atoms with Crippen molar-refractivity contribution in [1.29, 1.82) is 0 Å². The topological polar surface area (TPSA) is 65.8 Å². The van der Waals surface area contributed by atoms with Crippen LogP contribution in [-0.2, 0) is 10.8 Å². The maximum absolute atomic E-state index is 13.1. The molecule has 1 aromatic carbocycles. The minimum atomic E-state index is -1.69. The molecule has 0 saturated carbocycles. The van der Waals surface area contributed by atoms with Crippen molar-refractivity contribution in [3.05, 3.63) is 40.3 Å². The number of hydrogen-bond donors (Lipinski definition) is 0. The Morgan fingerprint density at radius 3 is 2.87 bits per heavy atom.